The maximum atomic E-state index is 12.4. The third kappa shape index (κ3) is 6.18. The van der Waals surface area contributed by atoms with Crippen molar-refractivity contribution in [3.63, 3.8) is 0 Å². The molecule has 6 nitrogen and oxygen atoms in total. The maximum Gasteiger partial charge on any atom is 0.282 e. The molecule has 2 aromatic heterocycles. The Morgan fingerprint density at radius 2 is 1.72 bits per heavy atom. The van der Waals surface area contributed by atoms with Crippen molar-refractivity contribution < 1.29 is 4.79 Å². The fourth-order valence-electron chi connectivity index (χ4n) is 2.84. The first-order chi connectivity index (χ1) is 15.4. The Morgan fingerprint density at radius 3 is 2.31 bits per heavy atom. The molecule has 0 radical (unpaired) electrons. The Balaban J connectivity index is 0.000000239. The van der Waals surface area contributed by atoms with E-state index in [1.54, 1.807) is 24.3 Å². The minimum Gasteiger partial charge on any atom is -0.390 e. The average molecular weight is 471 g/mol. The van der Waals surface area contributed by atoms with Crippen LogP contribution in [0.25, 0.3) is 16.5 Å². The van der Waals surface area contributed by atoms with Crippen molar-refractivity contribution in [2.24, 2.45) is 0 Å². The number of hydrogen-bond acceptors (Lipinski definition) is 5. The number of nitrogen functional groups attached to an aromatic ring is 1. The number of carbonyl (C=O) groups is 1. The SMILES string of the molecule is CC.Cc1ccc(CNC=O)cc1.Cc1nn(-c2ccc(Cl)cc2)c(=O)c2c(N)scc12. The quantitative estimate of drug-likeness (QED) is 0.398. The summed E-state index contributed by atoms with van der Waals surface area (Å²) >= 11 is 7.20. The van der Waals surface area contributed by atoms with Gasteiger partial charge in [0.1, 0.15) is 0 Å². The van der Waals surface area contributed by atoms with Crippen LogP contribution in [0.5, 0.6) is 0 Å². The van der Waals surface area contributed by atoms with Gasteiger partial charge in [-0.2, -0.15) is 9.78 Å². The lowest BCUT2D eigenvalue weighted by Crippen LogP contribution is -2.22. The first-order valence-electron chi connectivity index (χ1n) is 10.2. The molecule has 8 heteroatoms. The molecule has 0 fully saturated rings. The Labute approximate surface area is 196 Å². The molecule has 0 aliphatic heterocycles. The minimum atomic E-state index is -0.207. The van der Waals surface area contributed by atoms with Crippen molar-refractivity contribution >= 4 is 45.1 Å². The Morgan fingerprint density at radius 1 is 1.09 bits per heavy atom. The van der Waals surface area contributed by atoms with Crippen LogP contribution in [-0.2, 0) is 11.3 Å². The highest BCUT2D eigenvalue weighted by atomic mass is 35.5. The summed E-state index contributed by atoms with van der Waals surface area (Å²) < 4.78 is 1.36. The number of nitrogens with one attached hydrogen (secondary N) is 1. The number of fused-ring (bicyclic) bond motifs is 1. The number of nitrogens with two attached hydrogens (primary N) is 1. The van der Waals surface area contributed by atoms with Crippen LogP contribution in [0.4, 0.5) is 5.00 Å². The number of anilines is 1. The summed E-state index contributed by atoms with van der Waals surface area (Å²) in [6.07, 6.45) is 0.708. The zero-order chi connectivity index (χ0) is 23.7. The van der Waals surface area contributed by atoms with E-state index in [0.717, 1.165) is 16.6 Å². The zero-order valence-electron chi connectivity index (χ0n) is 18.6. The molecule has 0 saturated carbocycles. The number of amides is 1. The second-order valence-electron chi connectivity index (χ2n) is 6.65. The number of hydrogen-bond donors (Lipinski definition) is 2. The predicted octanol–water partition coefficient (Wildman–Crippen LogP) is 5.26. The van der Waals surface area contributed by atoms with Crippen LogP contribution in [0.3, 0.4) is 0 Å². The number of benzene rings is 2. The summed E-state index contributed by atoms with van der Waals surface area (Å²) in [5.41, 5.74) is 9.48. The van der Waals surface area contributed by atoms with Crippen LogP contribution in [0.15, 0.2) is 58.7 Å². The summed E-state index contributed by atoms with van der Waals surface area (Å²) in [5.74, 6) is 0. The molecule has 2 aromatic carbocycles. The van der Waals surface area contributed by atoms with Gasteiger partial charge in [-0.1, -0.05) is 55.3 Å². The van der Waals surface area contributed by atoms with Crippen LogP contribution < -0.4 is 16.6 Å². The van der Waals surface area contributed by atoms with E-state index < -0.39 is 0 Å². The average Bonchev–Trinajstić information content (AvgIpc) is 3.21. The highest BCUT2D eigenvalue weighted by Gasteiger charge is 2.13. The van der Waals surface area contributed by atoms with E-state index in [9.17, 15) is 9.59 Å². The van der Waals surface area contributed by atoms with Crippen molar-refractivity contribution in [2.45, 2.75) is 34.2 Å². The van der Waals surface area contributed by atoms with E-state index >= 15 is 0 Å². The van der Waals surface area contributed by atoms with Gasteiger partial charge in [-0.05, 0) is 43.7 Å². The lowest BCUT2D eigenvalue weighted by atomic mass is 10.1. The van der Waals surface area contributed by atoms with Crippen LogP contribution in [0.1, 0.15) is 30.7 Å². The second kappa shape index (κ2) is 12.0. The van der Waals surface area contributed by atoms with Crippen molar-refractivity contribution in [1.82, 2.24) is 15.1 Å². The fraction of sp³-hybridized carbons (Fsp3) is 0.208. The van der Waals surface area contributed by atoms with Gasteiger partial charge in [-0.3, -0.25) is 9.59 Å². The lowest BCUT2D eigenvalue weighted by molar-refractivity contribution is -0.109. The van der Waals surface area contributed by atoms with Gasteiger partial charge in [-0.15, -0.1) is 11.3 Å². The number of aryl methyl sites for hydroxylation is 2. The van der Waals surface area contributed by atoms with E-state index in [1.807, 2.05) is 57.3 Å². The molecule has 0 bridgehead atoms. The molecule has 0 unspecified atom stereocenters. The van der Waals surface area contributed by atoms with Gasteiger partial charge in [0.15, 0.2) is 0 Å². The molecule has 168 valence electrons. The van der Waals surface area contributed by atoms with Gasteiger partial charge in [0, 0.05) is 22.3 Å². The molecule has 3 N–H and O–H groups in total. The van der Waals surface area contributed by atoms with Gasteiger partial charge < -0.3 is 11.1 Å². The molecule has 0 spiro atoms. The largest absolute Gasteiger partial charge is 0.390 e. The molecule has 32 heavy (non-hydrogen) atoms. The Hall–Kier alpha value is -3.16. The minimum absolute atomic E-state index is 0.207. The summed E-state index contributed by atoms with van der Waals surface area (Å²) in [7, 11) is 0. The molecular formula is C24H27ClN4O2S. The first-order valence-corrected chi connectivity index (χ1v) is 11.4. The number of rotatable bonds is 4. The smallest absolute Gasteiger partial charge is 0.282 e. The van der Waals surface area contributed by atoms with E-state index in [2.05, 4.69) is 10.4 Å². The topological polar surface area (TPSA) is 90.0 Å². The Bertz CT molecular complexity index is 1220. The maximum absolute atomic E-state index is 12.4. The van der Waals surface area contributed by atoms with Crippen molar-refractivity contribution in [1.29, 1.82) is 0 Å². The van der Waals surface area contributed by atoms with Crippen LogP contribution in [0.2, 0.25) is 5.02 Å². The standard InChI is InChI=1S/C13H10ClN3OS.C9H11NO.C2H6/c1-7-10-6-19-12(15)11(10)13(18)17(16-7)9-4-2-8(14)3-5-9;1-8-2-4-9(5-3-8)6-10-7-11;1-2/h2-6H,15H2,1H3;2-5,7H,6H2,1H3,(H,10,11);1-2H3. The molecule has 0 aliphatic carbocycles. The van der Waals surface area contributed by atoms with E-state index in [1.165, 1.54) is 21.6 Å². The molecule has 4 aromatic rings. The fourth-order valence-corrected chi connectivity index (χ4v) is 3.81. The van der Waals surface area contributed by atoms with E-state index in [4.69, 9.17) is 17.3 Å². The molecule has 2 heterocycles. The molecule has 0 saturated heterocycles. The van der Waals surface area contributed by atoms with Crippen LogP contribution >= 0.6 is 22.9 Å². The van der Waals surface area contributed by atoms with Crippen LogP contribution in [0, 0.1) is 13.8 Å². The second-order valence-corrected chi connectivity index (χ2v) is 8.00. The highest BCUT2D eigenvalue weighted by Crippen LogP contribution is 2.26. The number of carbonyl (C=O) groups excluding carboxylic acids is 1. The lowest BCUT2D eigenvalue weighted by Gasteiger charge is -2.07. The normalized spacial score (nSPS) is 9.91. The molecule has 4 rings (SSSR count). The number of halogens is 1. The van der Waals surface area contributed by atoms with Crippen molar-refractivity contribution in [3.05, 3.63) is 86.1 Å². The highest BCUT2D eigenvalue weighted by molar-refractivity contribution is 7.15. The summed E-state index contributed by atoms with van der Waals surface area (Å²) in [6.45, 7) is 8.51. The van der Waals surface area contributed by atoms with Crippen molar-refractivity contribution in [3.8, 4) is 5.69 Å². The zero-order valence-corrected chi connectivity index (χ0v) is 20.1. The number of nitrogens with zero attached hydrogens (tertiary/aromatic N) is 2. The molecule has 0 atom stereocenters. The van der Waals surface area contributed by atoms with Gasteiger partial charge >= 0.3 is 0 Å². The Kier molecular flexibility index (Phi) is 9.43. The number of aromatic nitrogens is 2. The van der Waals surface area contributed by atoms with Gasteiger partial charge in [0.2, 0.25) is 6.41 Å². The molecule has 0 aliphatic rings. The van der Waals surface area contributed by atoms with E-state index in [-0.39, 0.29) is 5.56 Å². The summed E-state index contributed by atoms with van der Waals surface area (Å²) in [6, 6.07) is 15.0. The van der Waals surface area contributed by atoms with Gasteiger partial charge in [-0.25, -0.2) is 0 Å². The summed E-state index contributed by atoms with van der Waals surface area (Å²) in [5, 5.41) is 11.3. The number of thiophene rings is 1. The van der Waals surface area contributed by atoms with E-state index in [0.29, 0.717) is 34.1 Å². The molecular weight excluding hydrogens is 444 g/mol. The van der Waals surface area contributed by atoms with Gasteiger partial charge in [0.25, 0.3) is 5.56 Å². The monoisotopic (exact) mass is 470 g/mol. The third-order valence-electron chi connectivity index (χ3n) is 4.45. The van der Waals surface area contributed by atoms with Crippen LogP contribution in [-0.4, -0.2) is 16.2 Å². The first kappa shape index (κ1) is 25.1. The summed E-state index contributed by atoms with van der Waals surface area (Å²) in [4.78, 5) is 22.4. The molecule has 1 amide bonds. The third-order valence-corrected chi connectivity index (χ3v) is 5.51. The predicted molar refractivity (Wildman–Crippen MR) is 135 cm³/mol. The van der Waals surface area contributed by atoms with Gasteiger partial charge in [0.05, 0.1) is 21.8 Å². The van der Waals surface area contributed by atoms with Crippen molar-refractivity contribution in [2.75, 3.05) is 5.73 Å².